The molecular formula is C32H46O7. The molecule has 1 spiro atoms. The second-order valence-electron chi connectivity index (χ2n) is 12.6. The Morgan fingerprint density at radius 3 is 2.69 bits per heavy atom. The Bertz CT molecular complexity index is 1060. The first-order valence-electron chi connectivity index (χ1n) is 14.8. The Balaban J connectivity index is 1.50. The van der Waals surface area contributed by atoms with Crippen LogP contribution in [0.5, 0.6) is 0 Å². The molecule has 0 aromatic rings. The van der Waals surface area contributed by atoms with Gasteiger partial charge in [0.05, 0.1) is 18.8 Å². The van der Waals surface area contributed by atoms with Gasteiger partial charge in [0.1, 0.15) is 29.8 Å². The van der Waals surface area contributed by atoms with E-state index in [1.807, 2.05) is 12.2 Å². The van der Waals surface area contributed by atoms with Gasteiger partial charge in [-0.25, -0.2) is 0 Å². The molecule has 3 saturated heterocycles. The number of hydrogen-bond acceptors (Lipinski definition) is 7. The Labute approximate surface area is 232 Å². The number of fused-ring (bicyclic) bond motifs is 2. The highest BCUT2D eigenvalue weighted by molar-refractivity contribution is 5.78. The molecule has 5 aliphatic rings. The molecule has 0 radical (unpaired) electrons. The number of aliphatic hydroxyl groups is 2. The molecule has 216 valence electrons. The average Bonchev–Trinajstić information content (AvgIpc) is 3.21. The molecule has 2 N–H and O–H groups in total. The van der Waals surface area contributed by atoms with Crippen molar-refractivity contribution in [2.45, 2.75) is 121 Å². The third-order valence-corrected chi connectivity index (χ3v) is 9.60. The number of carbonyl (C=O) groups excluding carboxylic acids is 1. The van der Waals surface area contributed by atoms with Crippen LogP contribution in [-0.2, 0) is 23.7 Å². The van der Waals surface area contributed by atoms with Crippen LogP contribution in [0.4, 0.5) is 0 Å². The van der Waals surface area contributed by atoms with E-state index in [0.29, 0.717) is 35.8 Å². The minimum Gasteiger partial charge on any atom is -0.462 e. The highest BCUT2D eigenvalue weighted by Gasteiger charge is 2.60. The van der Waals surface area contributed by atoms with Gasteiger partial charge in [0, 0.05) is 19.3 Å². The molecule has 5 rings (SSSR count). The third-order valence-electron chi connectivity index (χ3n) is 9.60. The monoisotopic (exact) mass is 542 g/mol. The zero-order valence-electron chi connectivity index (χ0n) is 24.1. The van der Waals surface area contributed by atoms with E-state index in [9.17, 15) is 15.0 Å². The van der Waals surface area contributed by atoms with Gasteiger partial charge in [0.2, 0.25) is 0 Å². The van der Waals surface area contributed by atoms with Crippen molar-refractivity contribution in [1.29, 1.82) is 0 Å². The highest BCUT2D eigenvalue weighted by atomic mass is 16.7. The lowest BCUT2D eigenvalue weighted by atomic mass is 9.71. The van der Waals surface area contributed by atoms with Gasteiger partial charge in [-0.3, -0.25) is 4.79 Å². The van der Waals surface area contributed by atoms with Crippen molar-refractivity contribution in [3.8, 4) is 0 Å². The van der Waals surface area contributed by atoms with Crippen LogP contribution in [0.1, 0.15) is 79.6 Å². The lowest BCUT2D eigenvalue weighted by Gasteiger charge is -2.49. The number of esters is 1. The van der Waals surface area contributed by atoms with E-state index in [1.165, 1.54) is 5.57 Å². The van der Waals surface area contributed by atoms with Gasteiger partial charge in [0.15, 0.2) is 5.79 Å². The number of rotatable bonds is 1. The van der Waals surface area contributed by atoms with E-state index in [-0.39, 0.29) is 18.8 Å². The van der Waals surface area contributed by atoms with Gasteiger partial charge >= 0.3 is 5.97 Å². The average molecular weight is 543 g/mol. The summed E-state index contributed by atoms with van der Waals surface area (Å²) in [5.41, 5.74) is 0.787. The minimum atomic E-state index is -1.68. The third kappa shape index (κ3) is 5.58. The molecule has 39 heavy (non-hydrogen) atoms. The van der Waals surface area contributed by atoms with Gasteiger partial charge in [0.25, 0.3) is 0 Å². The maximum absolute atomic E-state index is 13.9. The second kappa shape index (κ2) is 11.2. The van der Waals surface area contributed by atoms with Crippen molar-refractivity contribution in [2.24, 2.45) is 17.8 Å². The molecule has 4 heterocycles. The van der Waals surface area contributed by atoms with Gasteiger partial charge in [-0.05, 0) is 63.0 Å². The molecule has 0 aromatic heterocycles. The smallest absolute Gasteiger partial charge is 0.316 e. The first-order valence-corrected chi connectivity index (χ1v) is 14.8. The van der Waals surface area contributed by atoms with Crippen LogP contribution in [0.3, 0.4) is 0 Å². The maximum Gasteiger partial charge on any atom is 0.316 e. The number of hydrogen-bond donors (Lipinski definition) is 2. The molecule has 0 saturated carbocycles. The summed E-state index contributed by atoms with van der Waals surface area (Å²) in [6.45, 7) is 10.5. The van der Waals surface area contributed by atoms with E-state index in [2.05, 4.69) is 39.8 Å². The van der Waals surface area contributed by atoms with Gasteiger partial charge in [-0.15, -0.1) is 0 Å². The van der Waals surface area contributed by atoms with E-state index >= 15 is 0 Å². The summed E-state index contributed by atoms with van der Waals surface area (Å²) in [5.74, 6) is -1.48. The maximum atomic E-state index is 13.9. The summed E-state index contributed by atoms with van der Waals surface area (Å²) in [6, 6.07) is 0. The SMILES string of the molecule is CC[C@H]1CC[C@]2(C[C@@H]3C[C@@H](C/C=C(\C)C[C@@H](C)/C=C/C=C4\CO[C@@H]5[C@H](O)C(C)=C[C@@H](C(=O)O3)[C@]45O)O2)O[C@@H]1C. The fourth-order valence-corrected chi connectivity index (χ4v) is 7.33. The summed E-state index contributed by atoms with van der Waals surface area (Å²) in [7, 11) is 0. The highest BCUT2D eigenvalue weighted by Crippen LogP contribution is 2.47. The molecule has 0 amide bonds. The van der Waals surface area contributed by atoms with E-state index < -0.39 is 41.6 Å². The fraction of sp³-hybridized carbons (Fsp3) is 0.719. The Kier molecular flexibility index (Phi) is 8.29. The van der Waals surface area contributed by atoms with Crippen LogP contribution < -0.4 is 0 Å². The standard InChI is InChI=1S/C32H46O7/c1-6-23-12-13-31(38-22(23)5)17-26-16-25(39-31)11-10-20(3)14-19(2)8-7-9-24-18-36-29-28(33)21(4)15-27(30(34)37-26)32(24,29)35/h7-10,15,19,22-23,25-29,33,35H,6,11-14,16-18H2,1-5H3/b8-7+,20-10+,24-9+/t19-,22+,23-,25+,26-,27-,28+,29+,31-,32+/m0/s1. The van der Waals surface area contributed by atoms with Crippen molar-refractivity contribution in [2.75, 3.05) is 6.61 Å². The largest absolute Gasteiger partial charge is 0.462 e. The first-order chi connectivity index (χ1) is 18.5. The Morgan fingerprint density at radius 1 is 1.15 bits per heavy atom. The minimum absolute atomic E-state index is 0.0665. The van der Waals surface area contributed by atoms with Crippen LogP contribution in [0.15, 0.2) is 47.1 Å². The molecule has 0 unspecified atom stereocenters. The van der Waals surface area contributed by atoms with Crippen LogP contribution in [-0.4, -0.2) is 64.7 Å². The van der Waals surface area contributed by atoms with E-state index in [0.717, 1.165) is 32.1 Å². The topological polar surface area (TPSA) is 94.5 Å². The van der Waals surface area contributed by atoms with Gasteiger partial charge in [-0.1, -0.05) is 56.2 Å². The van der Waals surface area contributed by atoms with Crippen molar-refractivity contribution in [3.05, 3.63) is 47.1 Å². The van der Waals surface area contributed by atoms with Crippen molar-refractivity contribution < 1.29 is 34.0 Å². The van der Waals surface area contributed by atoms with E-state index in [1.54, 1.807) is 13.0 Å². The molecule has 0 aromatic carbocycles. The van der Waals surface area contributed by atoms with Crippen LogP contribution in [0, 0.1) is 17.8 Å². The van der Waals surface area contributed by atoms with Gasteiger partial charge in [-0.2, -0.15) is 0 Å². The summed E-state index contributed by atoms with van der Waals surface area (Å²) in [6.07, 6.45) is 12.9. The quantitative estimate of drug-likeness (QED) is 0.359. The van der Waals surface area contributed by atoms with Gasteiger partial charge < -0.3 is 29.2 Å². The number of carbonyl (C=O) groups is 1. The lowest BCUT2D eigenvalue weighted by Crippen LogP contribution is -2.58. The first kappa shape index (κ1) is 28.7. The Morgan fingerprint density at radius 2 is 1.95 bits per heavy atom. The second-order valence-corrected chi connectivity index (χ2v) is 12.6. The van der Waals surface area contributed by atoms with Crippen LogP contribution in [0.25, 0.3) is 0 Å². The molecular weight excluding hydrogens is 496 g/mol. The zero-order chi connectivity index (χ0) is 27.9. The summed E-state index contributed by atoms with van der Waals surface area (Å²) < 4.78 is 25.4. The van der Waals surface area contributed by atoms with Crippen molar-refractivity contribution in [3.63, 3.8) is 0 Å². The molecule has 4 aliphatic heterocycles. The predicted octanol–water partition coefficient (Wildman–Crippen LogP) is 4.92. The lowest BCUT2D eigenvalue weighted by molar-refractivity contribution is -0.333. The van der Waals surface area contributed by atoms with Crippen molar-refractivity contribution >= 4 is 5.97 Å². The Hall–Kier alpha value is -1.77. The zero-order valence-corrected chi connectivity index (χ0v) is 24.1. The molecule has 2 bridgehead atoms. The molecule has 7 heteroatoms. The normalized spacial score (nSPS) is 48.7. The van der Waals surface area contributed by atoms with Crippen LogP contribution >= 0.6 is 0 Å². The molecule has 10 atom stereocenters. The fourth-order valence-electron chi connectivity index (χ4n) is 7.33. The van der Waals surface area contributed by atoms with Crippen LogP contribution in [0.2, 0.25) is 0 Å². The predicted molar refractivity (Wildman–Crippen MR) is 148 cm³/mol. The molecule has 7 nitrogen and oxygen atoms in total. The van der Waals surface area contributed by atoms with Crippen molar-refractivity contribution in [1.82, 2.24) is 0 Å². The molecule has 3 fully saturated rings. The number of allylic oxidation sites excluding steroid dienone is 4. The summed E-state index contributed by atoms with van der Waals surface area (Å²) in [5, 5.41) is 22.9. The van der Waals surface area contributed by atoms with E-state index in [4.69, 9.17) is 18.9 Å². The summed E-state index contributed by atoms with van der Waals surface area (Å²) in [4.78, 5) is 13.9. The summed E-state index contributed by atoms with van der Waals surface area (Å²) >= 11 is 0. The number of aliphatic hydroxyl groups excluding tert-OH is 1. The number of ether oxygens (including phenoxy) is 4. The molecule has 1 aliphatic carbocycles.